The molecule has 1 heterocycles. The van der Waals surface area contributed by atoms with E-state index in [-0.39, 0.29) is 0 Å². The van der Waals surface area contributed by atoms with Gasteiger partial charge in [-0.1, -0.05) is 17.7 Å². The Bertz CT molecular complexity index is 401. The van der Waals surface area contributed by atoms with Gasteiger partial charge in [0.1, 0.15) is 0 Å². The van der Waals surface area contributed by atoms with E-state index in [4.69, 9.17) is 11.6 Å². The average molecular weight is 268 g/mol. The maximum Gasteiger partial charge on any atom is 0.0408 e. The molecule has 1 saturated heterocycles. The van der Waals surface area contributed by atoms with E-state index in [1.807, 2.05) is 6.07 Å². The molecule has 2 aliphatic rings. The van der Waals surface area contributed by atoms with Gasteiger partial charge in [-0.05, 0) is 66.5 Å². The van der Waals surface area contributed by atoms with Gasteiger partial charge in [0.2, 0.25) is 0 Å². The van der Waals surface area contributed by atoms with Gasteiger partial charge in [0, 0.05) is 11.1 Å². The SMILES string of the molecule is Clc1ccc2c(c1)CCC2NCC1CCSC1. The van der Waals surface area contributed by atoms with E-state index in [0.29, 0.717) is 6.04 Å². The zero-order chi connectivity index (χ0) is 11.7. The molecule has 1 nitrogen and oxygen atoms in total. The highest BCUT2D eigenvalue weighted by molar-refractivity contribution is 7.99. The van der Waals surface area contributed by atoms with Crippen LogP contribution in [0.15, 0.2) is 18.2 Å². The van der Waals surface area contributed by atoms with E-state index in [9.17, 15) is 0 Å². The molecule has 0 bridgehead atoms. The number of thioether (sulfide) groups is 1. The van der Waals surface area contributed by atoms with Crippen LogP contribution in [0.1, 0.15) is 30.0 Å². The molecule has 1 aliphatic carbocycles. The third-order valence-corrected chi connectivity index (χ3v) is 5.33. The van der Waals surface area contributed by atoms with E-state index < -0.39 is 0 Å². The lowest BCUT2D eigenvalue weighted by Gasteiger charge is -2.17. The highest BCUT2D eigenvalue weighted by Gasteiger charge is 2.23. The molecule has 1 N–H and O–H groups in total. The van der Waals surface area contributed by atoms with Crippen LogP contribution in [0, 0.1) is 5.92 Å². The van der Waals surface area contributed by atoms with Crippen molar-refractivity contribution in [2.24, 2.45) is 5.92 Å². The minimum atomic E-state index is 0.563. The van der Waals surface area contributed by atoms with Crippen molar-refractivity contribution in [2.45, 2.75) is 25.3 Å². The zero-order valence-electron chi connectivity index (χ0n) is 9.92. The lowest BCUT2D eigenvalue weighted by Crippen LogP contribution is -2.26. The van der Waals surface area contributed by atoms with E-state index in [0.717, 1.165) is 10.9 Å². The molecule has 1 aliphatic heterocycles. The van der Waals surface area contributed by atoms with Crippen LogP contribution in [0.2, 0.25) is 5.02 Å². The predicted molar refractivity (Wildman–Crippen MR) is 75.9 cm³/mol. The normalized spacial score (nSPS) is 27.4. The Kier molecular flexibility index (Phi) is 3.64. The summed E-state index contributed by atoms with van der Waals surface area (Å²) in [5.41, 5.74) is 2.91. The van der Waals surface area contributed by atoms with Crippen LogP contribution in [0.5, 0.6) is 0 Å². The molecular formula is C14H18ClNS. The van der Waals surface area contributed by atoms with Crippen molar-refractivity contribution in [1.82, 2.24) is 5.32 Å². The average Bonchev–Trinajstić information content (AvgIpc) is 2.94. The van der Waals surface area contributed by atoms with Crippen molar-refractivity contribution in [3.8, 4) is 0 Å². The van der Waals surface area contributed by atoms with Gasteiger partial charge in [0.15, 0.2) is 0 Å². The molecule has 2 atom stereocenters. The molecule has 0 radical (unpaired) electrons. The van der Waals surface area contributed by atoms with Gasteiger partial charge in [-0.2, -0.15) is 11.8 Å². The maximum absolute atomic E-state index is 6.03. The van der Waals surface area contributed by atoms with Crippen LogP contribution < -0.4 is 5.32 Å². The van der Waals surface area contributed by atoms with Crippen molar-refractivity contribution in [1.29, 1.82) is 0 Å². The van der Waals surface area contributed by atoms with Crippen molar-refractivity contribution >= 4 is 23.4 Å². The summed E-state index contributed by atoms with van der Waals surface area (Å²) in [6, 6.07) is 6.91. The standard InChI is InChI=1S/C14H18ClNS/c15-12-2-3-13-11(7-12)1-4-14(13)16-8-10-5-6-17-9-10/h2-3,7,10,14,16H,1,4-6,8-9H2. The van der Waals surface area contributed by atoms with Crippen molar-refractivity contribution in [2.75, 3.05) is 18.1 Å². The van der Waals surface area contributed by atoms with Crippen molar-refractivity contribution in [3.63, 3.8) is 0 Å². The molecule has 1 fully saturated rings. The highest BCUT2D eigenvalue weighted by Crippen LogP contribution is 2.33. The number of fused-ring (bicyclic) bond motifs is 1. The predicted octanol–water partition coefficient (Wildman–Crippen LogP) is 3.67. The molecule has 3 heteroatoms. The summed E-state index contributed by atoms with van der Waals surface area (Å²) in [7, 11) is 0. The van der Waals surface area contributed by atoms with E-state index in [1.165, 1.54) is 48.4 Å². The fourth-order valence-corrected chi connectivity index (χ4v) is 4.33. The number of hydrogen-bond donors (Lipinski definition) is 1. The van der Waals surface area contributed by atoms with E-state index in [1.54, 1.807) is 0 Å². The molecule has 2 unspecified atom stereocenters. The Hall–Kier alpha value is -0.180. The third kappa shape index (κ3) is 2.64. The quantitative estimate of drug-likeness (QED) is 0.897. The summed E-state index contributed by atoms with van der Waals surface area (Å²) in [5.74, 6) is 3.58. The molecule has 17 heavy (non-hydrogen) atoms. The molecule has 0 aromatic heterocycles. The van der Waals surface area contributed by atoms with Crippen LogP contribution >= 0.6 is 23.4 Å². The summed E-state index contributed by atoms with van der Waals surface area (Å²) in [6.45, 7) is 1.18. The first kappa shape index (κ1) is 11.9. The molecule has 1 aromatic rings. The molecule has 1 aromatic carbocycles. The van der Waals surface area contributed by atoms with Crippen LogP contribution in [-0.2, 0) is 6.42 Å². The van der Waals surface area contributed by atoms with Gasteiger partial charge in [0.25, 0.3) is 0 Å². The Morgan fingerprint density at radius 2 is 2.29 bits per heavy atom. The Morgan fingerprint density at radius 1 is 1.35 bits per heavy atom. The molecule has 0 amide bonds. The topological polar surface area (TPSA) is 12.0 Å². The summed E-state index contributed by atoms with van der Waals surface area (Å²) in [5, 5.41) is 4.61. The van der Waals surface area contributed by atoms with Gasteiger partial charge in [-0.3, -0.25) is 0 Å². The minimum Gasteiger partial charge on any atom is -0.310 e. The molecule has 0 saturated carbocycles. The fourth-order valence-electron chi connectivity index (χ4n) is 2.85. The monoisotopic (exact) mass is 267 g/mol. The molecule has 3 rings (SSSR count). The molecule has 0 spiro atoms. The number of halogens is 1. The van der Waals surface area contributed by atoms with Crippen molar-refractivity contribution in [3.05, 3.63) is 34.3 Å². The Morgan fingerprint density at radius 3 is 3.12 bits per heavy atom. The first-order chi connectivity index (χ1) is 8.33. The third-order valence-electron chi connectivity index (χ3n) is 3.86. The summed E-state index contributed by atoms with van der Waals surface area (Å²) in [4.78, 5) is 0. The Labute approximate surface area is 112 Å². The largest absolute Gasteiger partial charge is 0.310 e. The van der Waals surface area contributed by atoms with E-state index in [2.05, 4.69) is 29.2 Å². The summed E-state index contributed by atoms with van der Waals surface area (Å²) >= 11 is 8.12. The number of rotatable bonds is 3. The zero-order valence-corrected chi connectivity index (χ0v) is 11.5. The molecule has 92 valence electrons. The van der Waals surface area contributed by atoms with Gasteiger partial charge in [0.05, 0.1) is 0 Å². The summed E-state index contributed by atoms with van der Waals surface area (Å²) < 4.78 is 0. The second-order valence-electron chi connectivity index (χ2n) is 5.07. The lowest BCUT2D eigenvalue weighted by molar-refractivity contribution is 0.457. The number of aryl methyl sites for hydroxylation is 1. The number of nitrogens with one attached hydrogen (secondary N) is 1. The number of benzene rings is 1. The maximum atomic E-state index is 6.03. The fraction of sp³-hybridized carbons (Fsp3) is 0.571. The second kappa shape index (κ2) is 5.21. The van der Waals surface area contributed by atoms with Gasteiger partial charge in [-0.15, -0.1) is 0 Å². The van der Waals surface area contributed by atoms with Crippen LogP contribution in [-0.4, -0.2) is 18.1 Å². The lowest BCUT2D eigenvalue weighted by atomic mass is 10.1. The Balaban J connectivity index is 1.63. The number of hydrogen-bond acceptors (Lipinski definition) is 2. The molecular weight excluding hydrogens is 250 g/mol. The van der Waals surface area contributed by atoms with Gasteiger partial charge < -0.3 is 5.32 Å². The first-order valence-corrected chi connectivity index (χ1v) is 7.95. The summed E-state index contributed by atoms with van der Waals surface area (Å²) in [6.07, 6.45) is 3.79. The highest BCUT2D eigenvalue weighted by atomic mass is 35.5. The first-order valence-electron chi connectivity index (χ1n) is 6.42. The van der Waals surface area contributed by atoms with E-state index >= 15 is 0 Å². The van der Waals surface area contributed by atoms with Crippen LogP contribution in [0.4, 0.5) is 0 Å². The minimum absolute atomic E-state index is 0.563. The second-order valence-corrected chi connectivity index (χ2v) is 6.66. The van der Waals surface area contributed by atoms with Crippen LogP contribution in [0.3, 0.4) is 0 Å². The van der Waals surface area contributed by atoms with Gasteiger partial charge >= 0.3 is 0 Å². The van der Waals surface area contributed by atoms with Crippen molar-refractivity contribution < 1.29 is 0 Å². The van der Waals surface area contributed by atoms with Gasteiger partial charge in [-0.25, -0.2) is 0 Å². The smallest absolute Gasteiger partial charge is 0.0408 e. The van der Waals surface area contributed by atoms with Crippen LogP contribution in [0.25, 0.3) is 0 Å².